The minimum Gasteiger partial charge on any atom is -0.397 e. The molecule has 0 spiro atoms. The molecule has 0 aromatic carbocycles. The van der Waals surface area contributed by atoms with Crippen molar-refractivity contribution < 1.29 is 4.74 Å². The minimum absolute atomic E-state index is 0.635. The normalized spacial score (nSPS) is 15.2. The highest BCUT2D eigenvalue weighted by atomic mass is 16.5. The lowest BCUT2D eigenvalue weighted by molar-refractivity contribution is 0.133. The van der Waals surface area contributed by atoms with Gasteiger partial charge in [-0.05, 0) is 6.07 Å². The zero-order valence-corrected chi connectivity index (χ0v) is 5.50. The summed E-state index contributed by atoms with van der Waals surface area (Å²) in [4.78, 5) is 4.11. The van der Waals surface area contributed by atoms with E-state index in [-0.39, 0.29) is 0 Å². The first kappa shape index (κ1) is 5.68. The van der Waals surface area contributed by atoms with Crippen LogP contribution in [0.15, 0.2) is 12.3 Å². The Kier molecular flexibility index (Phi) is 1.11. The number of aromatic nitrogens is 1. The summed E-state index contributed by atoms with van der Waals surface area (Å²) in [5.74, 6) is 0. The Morgan fingerprint density at radius 3 is 3.30 bits per heavy atom. The number of ether oxygens (including phenoxy) is 1. The average Bonchev–Trinajstić information content (AvgIpc) is 2.33. The van der Waals surface area contributed by atoms with Gasteiger partial charge in [0.25, 0.3) is 0 Å². The molecular formula is C7H8N2O. The molecule has 2 N–H and O–H groups in total. The summed E-state index contributed by atoms with van der Waals surface area (Å²) >= 11 is 0. The van der Waals surface area contributed by atoms with Gasteiger partial charge in [0.15, 0.2) is 0 Å². The van der Waals surface area contributed by atoms with E-state index in [1.165, 1.54) is 0 Å². The number of rotatable bonds is 0. The van der Waals surface area contributed by atoms with Crippen LogP contribution in [0.1, 0.15) is 11.3 Å². The van der Waals surface area contributed by atoms with Crippen molar-refractivity contribution in [1.29, 1.82) is 0 Å². The van der Waals surface area contributed by atoms with Crippen LogP contribution in [0.4, 0.5) is 5.69 Å². The fourth-order valence-corrected chi connectivity index (χ4v) is 1.07. The first-order valence-corrected chi connectivity index (χ1v) is 3.17. The van der Waals surface area contributed by atoms with Crippen LogP contribution in [0.5, 0.6) is 0 Å². The lowest BCUT2D eigenvalue weighted by Crippen LogP contribution is -1.91. The van der Waals surface area contributed by atoms with E-state index in [1.54, 1.807) is 6.20 Å². The van der Waals surface area contributed by atoms with E-state index >= 15 is 0 Å². The van der Waals surface area contributed by atoms with Crippen LogP contribution in [-0.2, 0) is 18.0 Å². The highest BCUT2D eigenvalue weighted by Crippen LogP contribution is 2.18. The molecule has 1 aliphatic rings. The summed E-state index contributed by atoms with van der Waals surface area (Å²) in [7, 11) is 0. The highest BCUT2D eigenvalue weighted by Gasteiger charge is 2.11. The predicted octanol–water partition coefficient (Wildman–Crippen LogP) is 0.694. The minimum atomic E-state index is 0.635. The molecular weight excluding hydrogens is 128 g/mol. The molecule has 3 heteroatoms. The topological polar surface area (TPSA) is 48.1 Å². The van der Waals surface area contributed by atoms with Gasteiger partial charge in [0.05, 0.1) is 30.8 Å². The molecule has 10 heavy (non-hydrogen) atoms. The van der Waals surface area contributed by atoms with Crippen molar-refractivity contribution in [2.75, 3.05) is 5.73 Å². The van der Waals surface area contributed by atoms with E-state index in [4.69, 9.17) is 10.5 Å². The lowest BCUT2D eigenvalue weighted by Gasteiger charge is -1.95. The van der Waals surface area contributed by atoms with Gasteiger partial charge in [-0.1, -0.05) is 0 Å². The van der Waals surface area contributed by atoms with Crippen LogP contribution >= 0.6 is 0 Å². The summed E-state index contributed by atoms with van der Waals surface area (Å²) in [6.07, 6.45) is 1.66. The van der Waals surface area contributed by atoms with Gasteiger partial charge >= 0.3 is 0 Å². The third kappa shape index (κ3) is 0.752. The van der Waals surface area contributed by atoms with Gasteiger partial charge in [0, 0.05) is 5.56 Å². The highest BCUT2D eigenvalue weighted by molar-refractivity contribution is 5.40. The van der Waals surface area contributed by atoms with Gasteiger partial charge in [-0.3, -0.25) is 4.98 Å². The first-order valence-electron chi connectivity index (χ1n) is 3.17. The van der Waals surface area contributed by atoms with Gasteiger partial charge in [-0.15, -0.1) is 0 Å². The standard InChI is InChI=1S/C7H8N2O/c8-6-1-5-3-10-4-7(5)9-2-6/h1-2H,3-4,8H2. The number of nitrogen functional groups attached to an aromatic ring is 1. The number of pyridine rings is 1. The molecule has 0 saturated carbocycles. The molecule has 52 valence electrons. The quantitative estimate of drug-likeness (QED) is 0.571. The molecule has 3 nitrogen and oxygen atoms in total. The third-order valence-corrected chi connectivity index (χ3v) is 1.58. The van der Waals surface area contributed by atoms with E-state index in [0.29, 0.717) is 18.9 Å². The van der Waals surface area contributed by atoms with Crippen LogP contribution < -0.4 is 5.73 Å². The predicted molar refractivity (Wildman–Crippen MR) is 37.1 cm³/mol. The maximum atomic E-state index is 5.51. The number of hydrogen-bond donors (Lipinski definition) is 1. The van der Waals surface area contributed by atoms with Gasteiger partial charge in [0.2, 0.25) is 0 Å². The summed E-state index contributed by atoms with van der Waals surface area (Å²) in [5.41, 5.74) is 8.37. The maximum absolute atomic E-state index is 5.51. The SMILES string of the molecule is Nc1cnc2c(c1)COC2. The maximum Gasteiger partial charge on any atom is 0.0896 e. The molecule has 0 unspecified atom stereocenters. The smallest absolute Gasteiger partial charge is 0.0896 e. The Labute approximate surface area is 58.8 Å². The van der Waals surface area contributed by atoms with E-state index in [9.17, 15) is 0 Å². The second kappa shape index (κ2) is 1.95. The molecule has 0 aliphatic carbocycles. The number of nitrogens with two attached hydrogens (primary N) is 1. The van der Waals surface area contributed by atoms with Gasteiger partial charge < -0.3 is 10.5 Å². The van der Waals surface area contributed by atoms with Gasteiger partial charge in [-0.2, -0.15) is 0 Å². The molecule has 0 amide bonds. The molecule has 1 aromatic heterocycles. The van der Waals surface area contributed by atoms with Crippen LogP contribution in [0.3, 0.4) is 0 Å². The second-order valence-corrected chi connectivity index (χ2v) is 2.37. The summed E-state index contributed by atoms with van der Waals surface area (Å²) in [5, 5.41) is 0. The molecule has 0 bridgehead atoms. The van der Waals surface area contributed by atoms with E-state index in [2.05, 4.69) is 4.98 Å². The Balaban J connectivity index is 2.52. The van der Waals surface area contributed by atoms with E-state index < -0.39 is 0 Å². The molecule has 0 saturated heterocycles. The van der Waals surface area contributed by atoms with Crippen LogP contribution in [-0.4, -0.2) is 4.98 Å². The molecule has 2 rings (SSSR count). The summed E-state index contributed by atoms with van der Waals surface area (Å²) < 4.78 is 5.15. The number of fused-ring (bicyclic) bond motifs is 1. The van der Waals surface area contributed by atoms with Gasteiger partial charge in [-0.25, -0.2) is 0 Å². The Bertz CT molecular complexity index is 260. The zero-order chi connectivity index (χ0) is 6.97. The largest absolute Gasteiger partial charge is 0.397 e. The summed E-state index contributed by atoms with van der Waals surface area (Å²) in [6, 6.07) is 1.91. The molecule has 0 fully saturated rings. The Morgan fingerprint density at radius 1 is 1.50 bits per heavy atom. The number of anilines is 1. The first-order chi connectivity index (χ1) is 4.86. The van der Waals surface area contributed by atoms with Crippen molar-refractivity contribution in [3.8, 4) is 0 Å². The zero-order valence-electron chi connectivity index (χ0n) is 5.50. The molecule has 1 aliphatic heterocycles. The lowest BCUT2D eigenvalue weighted by atomic mass is 10.2. The Hall–Kier alpha value is -1.09. The average molecular weight is 136 g/mol. The number of hydrogen-bond acceptors (Lipinski definition) is 3. The summed E-state index contributed by atoms with van der Waals surface area (Å²) in [6.45, 7) is 1.29. The third-order valence-electron chi connectivity index (χ3n) is 1.58. The van der Waals surface area contributed by atoms with Crippen LogP contribution in [0.2, 0.25) is 0 Å². The Morgan fingerprint density at radius 2 is 2.40 bits per heavy atom. The number of nitrogens with zero attached hydrogens (tertiary/aromatic N) is 1. The fourth-order valence-electron chi connectivity index (χ4n) is 1.07. The molecule has 0 radical (unpaired) electrons. The van der Waals surface area contributed by atoms with Gasteiger partial charge in [0.1, 0.15) is 0 Å². The van der Waals surface area contributed by atoms with Crippen molar-refractivity contribution in [3.05, 3.63) is 23.5 Å². The van der Waals surface area contributed by atoms with Crippen molar-refractivity contribution >= 4 is 5.69 Å². The molecule has 0 atom stereocenters. The van der Waals surface area contributed by atoms with Crippen LogP contribution in [0.25, 0.3) is 0 Å². The fraction of sp³-hybridized carbons (Fsp3) is 0.286. The van der Waals surface area contributed by atoms with Crippen molar-refractivity contribution in [1.82, 2.24) is 4.98 Å². The van der Waals surface area contributed by atoms with E-state index in [1.807, 2.05) is 6.07 Å². The van der Waals surface area contributed by atoms with Crippen LogP contribution in [0, 0.1) is 0 Å². The molecule has 2 heterocycles. The monoisotopic (exact) mass is 136 g/mol. The molecule has 1 aromatic rings. The second-order valence-electron chi connectivity index (χ2n) is 2.37. The van der Waals surface area contributed by atoms with Crippen molar-refractivity contribution in [2.45, 2.75) is 13.2 Å². The van der Waals surface area contributed by atoms with Crippen molar-refractivity contribution in [3.63, 3.8) is 0 Å². The van der Waals surface area contributed by atoms with Crippen molar-refractivity contribution in [2.24, 2.45) is 0 Å². The van der Waals surface area contributed by atoms with E-state index in [0.717, 1.165) is 11.3 Å².